The smallest absolute Gasteiger partial charge is 0.371 e. The maximum atomic E-state index is 10.1. The molecule has 0 radical (unpaired) electrons. The molecule has 0 aliphatic rings. The third-order valence-corrected chi connectivity index (χ3v) is 0.663. The number of carbonyl (C=O) groups excluding carboxylic acids is 2. The Hall–Kier alpha value is -1.12. The summed E-state index contributed by atoms with van der Waals surface area (Å²) in [5.41, 5.74) is 0. The third kappa shape index (κ3) is 4.74. The maximum absolute atomic E-state index is 10.1. The number of ether oxygens (including phenoxy) is 1. The van der Waals surface area contributed by atoms with Crippen LogP contribution in [-0.2, 0) is 14.3 Å². The van der Waals surface area contributed by atoms with Crippen molar-refractivity contribution in [3.8, 4) is 0 Å². The lowest BCUT2D eigenvalue weighted by Gasteiger charge is -1.93. The molecule has 0 saturated carbocycles. The Labute approximate surface area is 53.3 Å². The summed E-state index contributed by atoms with van der Waals surface area (Å²) in [6.45, 7) is 3.64. The number of aldehydes is 1. The number of hydrogen-bond acceptors (Lipinski definition) is 3. The van der Waals surface area contributed by atoms with Gasteiger partial charge in [-0.15, -0.1) is 6.58 Å². The zero-order chi connectivity index (χ0) is 7.11. The van der Waals surface area contributed by atoms with Crippen LogP contribution in [0.15, 0.2) is 12.7 Å². The average Bonchev–Trinajstić information content (AvgIpc) is 1.89. The Morgan fingerprint density at radius 2 is 2.33 bits per heavy atom. The summed E-state index contributed by atoms with van der Waals surface area (Å²) >= 11 is 0. The first-order valence-corrected chi connectivity index (χ1v) is 2.54. The lowest BCUT2D eigenvalue weighted by molar-refractivity contribution is -0.148. The molecule has 0 unspecified atom stereocenters. The molecule has 3 nitrogen and oxygen atoms in total. The molecule has 0 heterocycles. The topological polar surface area (TPSA) is 43.4 Å². The lowest BCUT2D eigenvalue weighted by atomic mass is 10.5. The van der Waals surface area contributed by atoms with Gasteiger partial charge in [-0.05, 0) is 6.42 Å². The van der Waals surface area contributed by atoms with Gasteiger partial charge in [-0.1, -0.05) is 6.08 Å². The molecule has 0 bridgehead atoms. The highest BCUT2D eigenvalue weighted by molar-refractivity contribution is 6.20. The van der Waals surface area contributed by atoms with E-state index >= 15 is 0 Å². The third-order valence-electron chi connectivity index (χ3n) is 0.663. The Kier molecular flexibility index (Phi) is 4.40. The van der Waals surface area contributed by atoms with E-state index in [1.807, 2.05) is 0 Å². The summed E-state index contributed by atoms with van der Waals surface area (Å²) in [4.78, 5) is 19.7. The Morgan fingerprint density at radius 3 is 2.78 bits per heavy atom. The van der Waals surface area contributed by atoms with Gasteiger partial charge in [0, 0.05) is 0 Å². The molecule has 0 saturated heterocycles. The summed E-state index contributed by atoms with van der Waals surface area (Å²) in [5.74, 6) is -0.822. The predicted molar refractivity (Wildman–Crippen MR) is 31.8 cm³/mol. The standard InChI is InChI=1S/C6H8O3/c1-2-3-4-9-6(8)5-7/h2,5H,1,3-4H2. The van der Waals surface area contributed by atoms with Gasteiger partial charge in [0.1, 0.15) is 0 Å². The second-order valence-electron chi connectivity index (χ2n) is 1.36. The zero-order valence-electron chi connectivity index (χ0n) is 5.00. The summed E-state index contributed by atoms with van der Waals surface area (Å²) in [7, 11) is 0. The second kappa shape index (κ2) is 5.03. The van der Waals surface area contributed by atoms with E-state index in [0.29, 0.717) is 6.42 Å². The van der Waals surface area contributed by atoms with Crippen LogP contribution in [0.4, 0.5) is 0 Å². The minimum atomic E-state index is -0.822. The fourth-order valence-corrected chi connectivity index (χ4v) is 0.277. The van der Waals surface area contributed by atoms with E-state index in [4.69, 9.17) is 0 Å². The average molecular weight is 128 g/mol. The SMILES string of the molecule is C=CCCOC(=O)C=O. The monoisotopic (exact) mass is 128 g/mol. The molecule has 9 heavy (non-hydrogen) atoms. The molecule has 0 amide bonds. The quantitative estimate of drug-likeness (QED) is 0.180. The number of esters is 1. The first-order valence-electron chi connectivity index (χ1n) is 2.54. The summed E-state index contributed by atoms with van der Waals surface area (Å²) in [5, 5.41) is 0. The van der Waals surface area contributed by atoms with Crippen LogP contribution in [0, 0.1) is 0 Å². The molecule has 0 aromatic rings. The summed E-state index contributed by atoms with van der Waals surface area (Å²) in [6.07, 6.45) is 2.33. The van der Waals surface area contributed by atoms with Gasteiger partial charge in [0.05, 0.1) is 6.61 Å². The molecule has 50 valence electrons. The van der Waals surface area contributed by atoms with Crippen molar-refractivity contribution in [2.24, 2.45) is 0 Å². The largest absolute Gasteiger partial charge is 0.460 e. The van der Waals surface area contributed by atoms with Gasteiger partial charge in [0.15, 0.2) is 0 Å². The first-order chi connectivity index (χ1) is 4.31. The number of hydrogen-bond donors (Lipinski definition) is 0. The van der Waals surface area contributed by atoms with E-state index in [1.54, 1.807) is 6.08 Å². The molecule has 0 fully saturated rings. The van der Waals surface area contributed by atoms with Crippen molar-refractivity contribution in [2.75, 3.05) is 6.61 Å². The van der Waals surface area contributed by atoms with Gasteiger partial charge >= 0.3 is 5.97 Å². The first kappa shape index (κ1) is 7.88. The molecular weight excluding hydrogens is 120 g/mol. The summed E-state index contributed by atoms with van der Waals surface area (Å²) in [6, 6.07) is 0. The van der Waals surface area contributed by atoms with Crippen LogP contribution in [-0.4, -0.2) is 18.9 Å². The Balaban J connectivity index is 3.16. The van der Waals surface area contributed by atoms with Gasteiger partial charge in [-0.2, -0.15) is 0 Å². The van der Waals surface area contributed by atoms with Gasteiger partial charge < -0.3 is 4.74 Å². The highest BCUT2D eigenvalue weighted by atomic mass is 16.5. The fraction of sp³-hybridized carbons (Fsp3) is 0.333. The second-order valence-corrected chi connectivity index (χ2v) is 1.36. The van der Waals surface area contributed by atoms with Gasteiger partial charge in [-0.25, -0.2) is 4.79 Å². The molecule has 0 rings (SSSR count). The van der Waals surface area contributed by atoms with Crippen LogP contribution < -0.4 is 0 Å². The number of carbonyl (C=O) groups is 2. The molecule has 3 heteroatoms. The van der Waals surface area contributed by atoms with Crippen LogP contribution in [0.3, 0.4) is 0 Å². The van der Waals surface area contributed by atoms with E-state index in [0.717, 1.165) is 0 Å². The van der Waals surface area contributed by atoms with Gasteiger partial charge in [0.25, 0.3) is 0 Å². The van der Waals surface area contributed by atoms with Crippen molar-refractivity contribution >= 4 is 12.3 Å². The number of rotatable bonds is 4. The van der Waals surface area contributed by atoms with Crippen molar-refractivity contribution in [3.05, 3.63) is 12.7 Å². The van der Waals surface area contributed by atoms with Crippen molar-refractivity contribution in [1.29, 1.82) is 0 Å². The highest BCUT2D eigenvalue weighted by Gasteiger charge is 1.94. The minimum Gasteiger partial charge on any atom is -0.460 e. The van der Waals surface area contributed by atoms with Crippen molar-refractivity contribution < 1.29 is 14.3 Å². The van der Waals surface area contributed by atoms with Crippen molar-refractivity contribution in [2.45, 2.75) is 6.42 Å². The van der Waals surface area contributed by atoms with E-state index in [2.05, 4.69) is 11.3 Å². The molecule has 0 atom stereocenters. The van der Waals surface area contributed by atoms with Crippen LogP contribution in [0.5, 0.6) is 0 Å². The molecule has 0 spiro atoms. The van der Waals surface area contributed by atoms with Gasteiger partial charge in [0.2, 0.25) is 6.29 Å². The van der Waals surface area contributed by atoms with Crippen LogP contribution in [0.2, 0.25) is 0 Å². The Bertz CT molecular complexity index is 117. The van der Waals surface area contributed by atoms with Crippen LogP contribution >= 0.6 is 0 Å². The van der Waals surface area contributed by atoms with E-state index in [9.17, 15) is 9.59 Å². The van der Waals surface area contributed by atoms with Crippen LogP contribution in [0.25, 0.3) is 0 Å². The molecule has 0 aliphatic heterocycles. The normalized spacial score (nSPS) is 8.00. The van der Waals surface area contributed by atoms with E-state index in [-0.39, 0.29) is 12.9 Å². The Morgan fingerprint density at radius 1 is 1.67 bits per heavy atom. The van der Waals surface area contributed by atoms with Crippen molar-refractivity contribution in [1.82, 2.24) is 0 Å². The zero-order valence-corrected chi connectivity index (χ0v) is 5.00. The molecule has 0 aliphatic carbocycles. The van der Waals surface area contributed by atoms with Crippen LogP contribution in [0.1, 0.15) is 6.42 Å². The van der Waals surface area contributed by atoms with Gasteiger partial charge in [-0.3, -0.25) is 4.79 Å². The van der Waals surface area contributed by atoms with E-state index in [1.165, 1.54) is 0 Å². The maximum Gasteiger partial charge on any atom is 0.371 e. The lowest BCUT2D eigenvalue weighted by Crippen LogP contribution is -2.05. The summed E-state index contributed by atoms with van der Waals surface area (Å²) < 4.78 is 4.35. The predicted octanol–water partition coefficient (Wildman–Crippen LogP) is 0.305. The molecular formula is C6H8O3. The molecule has 0 aromatic heterocycles. The molecule has 0 aromatic carbocycles. The van der Waals surface area contributed by atoms with Crippen molar-refractivity contribution in [3.63, 3.8) is 0 Å². The fourth-order valence-electron chi connectivity index (χ4n) is 0.277. The minimum absolute atomic E-state index is 0.142. The molecule has 0 N–H and O–H groups in total. The van der Waals surface area contributed by atoms with E-state index < -0.39 is 5.97 Å². The highest BCUT2D eigenvalue weighted by Crippen LogP contribution is 1.81.